The minimum Gasteiger partial charge on any atom is -0.394 e. The Balaban J connectivity index is 1.28. The van der Waals surface area contributed by atoms with E-state index in [0.29, 0.717) is 36.5 Å². The minimum atomic E-state index is -1.50. The molecule has 8 nitrogen and oxygen atoms in total. The van der Waals surface area contributed by atoms with Crippen LogP contribution in [-0.4, -0.2) is 80.8 Å². The molecule has 4 aliphatic carbocycles. The average molecular weight is 581 g/mol. The lowest BCUT2D eigenvalue weighted by Crippen LogP contribution is -2.63. The van der Waals surface area contributed by atoms with Crippen molar-refractivity contribution in [1.29, 1.82) is 0 Å². The second-order valence-corrected chi connectivity index (χ2v) is 15.5. The van der Waals surface area contributed by atoms with E-state index in [2.05, 4.69) is 34.6 Å². The molecule has 41 heavy (non-hydrogen) atoms. The van der Waals surface area contributed by atoms with Gasteiger partial charge in [0.25, 0.3) is 0 Å². The predicted octanol–water partition coefficient (Wildman–Crippen LogP) is 3.44. The Kier molecular flexibility index (Phi) is 9.35. The number of hydrogen-bond donors (Lipinski definition) is 5. The number of carbonyl (C=O) groups is 1. The van der Waals surface area contributed by atoms with Crippen molar-refractivity contribution in [2.75, 3.05) is 6.61 Å². The first kappa shape index (κ1) is 31.8. The van der Waals surface area contributed by atoms with E-state index < -0.39 is 49.5 Å². The van der Waals surface area contributed by atoms with E-state index in [1.54, 1.807) is 0 Å². The van der Waals surface area contributed by atoms with Crippen molar-refractivity contribution in [3.05, 3.63) is 0 Å². The molecule has 236 valence electrons. The third-order valence-corrected chi connectivity index (χ3v) is 12.9. The van der Waals surface area contributed by atoms with Crippen LogP contribution in [0.5, 0.6) is 0 Å². The number of aliphatic hydroxyl groups excluding tert-OH is 5. The summed E-state index contributed by atoms with van der Waals surface area (Å²) in [5.74, 6) is 2.33. The molecule has 15 atom stereocenters. The van der Waals surface area contributed by atoms with Gasteiger partial charge in [-0.15, -0.1) is 0 Å². The van der Waals surface area contributed by atoms with Crippen molar-refractivity contribution in [2.24, 2.45) is 52.3 Å². The number of Topliss-reactive ketones (excluding diaryl/α,β-unsaturated/α-hetero) is 1. The molecule has 1 aliphatic heterocycles. The minimum absolute atomic E-state index is 0.0123. The van der Waals surface area contributed by atoms with Crippen molar-refractivity contribution in [1.82, 2.24) is 0 Å². The summed E-state index contributed by atoms with van der Waals surface area (Å²) < 4.78 is 11.7. The Morgan fingerprint density at radius 3 is 2.27 bits per heavy atom. The molecule has 0 aromatic heterocycles. The fraction of sp³-hybridized carbons (Fsp3) is 0.970. The van der Waals surface area contributed by atoms with Crippen LogP contribution in [-0.2, 0) is 14.3 Å². The van der Waals surface area contributed by atoms with Gasteiger partial charge in [-0.2, -0.15) is 0 Å². The number of ether oxygens (including phenoxy) is 2. The van der Waals surface area contributed by atoms with Crippen LogP contribution in [0.1, 0.15) is 98.8 Å². The third-order valence-electron chi connectivity index (χ3n) is 12.9. The van der Waals surface area contributed by atoms with Gasteiger partial charge in [0, 0.05) is 5.92 Å². The van der Waals surface area contributed by atoms with E-state index in [4.69, 9.17) is 9.47 Å². The van der Waals surface area contributed by atoms with E-state index in [1.165, 1.54) is 25.7 Å². The molecule has 5 fully saturated rings. The lowest BCUT2D eigenvalue weighted by molar-refractivity contribution is -0.316. The number of aliphatic hydroxyl groups is 5. The maximum Gasteiger partial charge on any atom is 0.186 e. The zero-order valence-corrected chi connectivity index (χ0v) is 25.8. The molecule has 0 spiro atoms. The van der Waals surface area contributed by atoms with Crippen LogP contribution in [0.25, 0.3) is 0 Å². The van der Waals surface area contributed by atoms with Crippen molar-refractivity contribution < 1.29 is 39.8 Å². The molecule has 5 aliphatic rings. The molecular formula is C33H56O8. The monoisotopic (exact) mass is 580 g/mol. The summed E-state index contributed by atoms with van der Waals surface area (Å²) in [6, 6.07) is 0. The molecule has 8 heteroatoms. The van der Waals surface area contributed by atoms with E-state index >= 15 is 0 Å². The summed E-state index contributed by atoms with van der Waals surface area (Å²) in [5, 5.41) is 52.0. The smallest absolute Gasteiger partial charge is 0.186 e. The summed E-state index contributed by atoms with van der Waals surface area (Å²) in [5.41, 5.74) is -0.0369. The van der Waals surface area contributed by atoms with Crippen LogP contribution < -0.4 is 0 Å². The third kappa shape index (κ3) is 5.46. The van der Waals surface area contributed by atoms with Crippen molar-refractivity contribution in [2.45, 2.75) is 142 Å². The van der Waals surface area contributed by atoms with Gasteiger partial charge >= 0.3 is 0 Å². The molecular weight excluding hydrogens is 524 g/mol. The van der Waals surface area contributed by atoms with E-state index in [-0.39, 0.29) is 28.4 Å². The van der Waals surface area contributed by atoms with Gasteiger partial charge in [0.15, 0.2) is 12.1 Å². The molecule has 6 unspecified atom stereocenters. The topological polar surface area (TPSA) is 137 Å². The molecule has 1 saturated heterocycles. The molecule has 1 heterocycles. The van der Waals surface area contributed by atoms with Gasteiger partial charge in [0.2, 0.25) is 0 Å². The molecule has 0 amide bonds. The standard InChI is InChI=1S/C33H56O8/c1-17(2)7-6-8-18(3)20-9-10-21-25-22(12-14-32(20,21)4)33(5)13-11-19(15-23(33)26(35)28(25)37)40-31-30(39)29(38)27(36)24(16-34)41-31/h17-25,27-31,34,36-39H,6-16H2,1-5H3/t18-,19?,20-,21?,22?,23?,24-,25?,27-,28?,29+,30+,31+,32-,33-/m1/s1. The van der Waals surface area contributed by atoms with E-state index in [9.17, 15) is 30.3 Å². The van der Waals surface area contributed by atoms with Gasteiger partial charge in [-0.05, 0) is 91.3 Å². The van der Waals surface area contributed by atoms with Crippen LogP contribution in [0.3, 0.4) is 0 Å². The normalized spacial score (nSPS) is 50.8. The summed E-state index contributed by atoms with van der Waals surface area (Å²) in [6.07, 6.45) is 2.24. The summed E-state index contributed by atoms with van der Waals surface area (Å²) in [7, 11) is 0. The SMILES string of the molecule is CC(C)CCC[C@@H](C)[C@H]1CCC2C3C(O)C(=O)C4CC(O[C@H]5O[C@H](CO)[C@@H](O)[C@H](O)[C@@H]5O)CC[C@]4(C)C3CC[C@@]21C. The zero-order chi connectivity index (χ0) is 29.9. The van der Waals surface area contributed by atoms with Crippen LogP contribution in [0, 0.1) is 52.3 Å². The van der Waals surface area contributed by atoms with E-state index in [0.717, 1.165) is 31.6 Å². The molecule has 0 radical (unpaired) electrons. The van der Waals surface area contributed by atoms with Gasteiger partial charge < -0.3 is 35.0 Å². The van der Waals surface area contributed by atoms with Crippen LogP contribution in [0.2, 0.25) is 0 Å². The van der Waals surface area contributed by atoms with Crippen molar-refractivity contribution in [3.63, 3.8) is 0 Å². The highest BCUT2D eigenvalue weighted by Gasteiger charge is 2.65. The first-order valence-corrected chi connectivity index (χ1v) is 16.5. The summed E-state index contributed by atoms with van der Waals surface area (Å²) >= 11 is 0. The molecule has 4 saturated carbocycles. The lowest BCUT2D eigenvalue weighted by Gasteiger charge is -2.61. The number of hydrogen-bond acceptors (Lipinski definition) is 8. The highest BCUT2D eigenvalue weighted by atomic mass is 16.7. The molecule has 5 N–H and O–H groups in total. The van der Waals surface area contributed by atoms with Crippen LogP contribution in [0.15, 0.2) is 0 Å². The quantitative estimate of drug-likeness (QED) is 0.276. The van der Waals surface area contributed by atoms with Crippen LogP contribution in [0.4, 0.5) is 0 Å². The number of rotatable bonds is 8. The van der Waals surface area contributed by atoms with Gasteiger partial charge in [0.05, 0.1) is 12.7 Å². The maximum atomic E-state index is 13.9. The Morgan fingerprint density at radius 2 is 1.59 bits per heavy atom. The fourth-order valence-electron chi connectivity index (χ4n) is 10.5. The number of carbonyl (C=O) groups excluding carboxylic acids is 1. The summed E-state index contributed by atoms with van der Waals surface area (Å²) in [6.45, 7) is 11.2. The maximum absolute atomic E-state index is 13.9. The second-order valence-electron chi connectivity index (χ2n) is 15.5. The highest BCUT2D eigenvalue weighted by Crippen LogP contribution is 2.68. The first-order valence-electron chi connectivity index (χ1n) is 16.5. The van der Waals surface area contributed by atoms with Crippen molar-refractivity contribution in [3.8, 4) is 0 Å². The average Bonchev–Trinajstić information content (AvgIpc) is 3.29. The van der Waals surface area contributed by atoms with Gasteiger partial charge in [-0.3, -0.25) is 4.79 Å². The van der Waals surface area contributed by atoms with Gasteiger partial charge in [-0.1, -0.05) is 53.9 Å². The lowest BCUT2D eigenvalue weighted by atomic mass is 9.43. The molecule has 5 rings (SSSR count). The van der Waals surface area contributed by atoms with Crippen molar-refractivity contribution >= 4 is 5.78 Å². The van der Waals surface area contributed by atoms with Crippen LogP contribution >= 0.6 is 0 Å². The zero-order valence-electron chi connectivity index (χ0n) is 25.8. The Morgan fingerprint density at radius 1 is 0.902 bits per heavy atom. The summed E-state index contributed by atoms with van der Waals surface area (Å²) in [4.78, 5) is 13.9. The van der Waals surface area contributed by atoms with E-state index in [1.807, 2.05) is 0 Å². The highest BCUT2D eigenvalue weighted by molar-refractivity contribution is 5.87. The van der Waals surface area contributed by atoms with Gasteiger partial charge in [-0.25, -0.2) is 0 Å². The molecule has 0 bridgehead atoms. The first-order chi connectivity index (χ1) is 19.3. The number of ketones is 1. The molecule has 0 aromatic rings. The Labute approximate surface area is 246 Å². The predicted molar refractivity (Wildman–Crippen MR) is 153 cm³/mol. The second kappa shape index (κ2) is 12.1. The fourth-order valence-corrected chi connectivity index (χ4v) is 10.5. The molecule has 0 aromatic carbocycles. The number of fused-ring (bicyclic) bond motifs is 5. The Bertz CT molecular complexity index is 925. The van der Waals surface area contributed by atoms with Gasteiger partial charge in [0.1, 0.15) is 30.5 Å². The largest absolute Gasteiger partial charge is 0.394 e. The Hall–Kier alpha value is -0.610.